The van der Waals surface area contributed by atoms with Gasteiger partial charge in [0.25, 0.3) is 0 Å². The fourth-order valence-electron chi connectivity index (χ4n) is 0.675. The highest BCUT2D eigenvalue weighted by Crippen LogP contribution is 2.10. The van der Waals surface area contributed by atoms with E-state index < -0.39 is 0 Å². The van der Waals surface area contributed by atoms with Crippen molar-refractivity contribution in [1.29, 1.82) is 5.26 Å². The van der Waals surface area contributed by atoms with E-state index in [1.54, 1.807) is 6.07 Å². The topological polar surface area (TPSA) is 23.8 Å². The van der Waals surface area contributed by atoms with Gasteiger partial charge in [0, 0.05) is 16.4 Å². The van der Waals surface area contributed by atoms with E-state index in [0.717, 1.165) is 10.5 Å². The second-order valence-electron chi connectivity index (χ2n) is 1.88. The van der Waals surface area contributed by atoms with Gasteiger partial charge in [0.15, 0.2) is 6.07 Å². The summed E-state index contributed by atoms with van der Waals surface area (Å²) in [6.45, 7) is 0. The number of thiol groups is 1. The normalized spacial score (nSPS) is 7.64. The average molecular weight is 159 g/mol. The lowest BCUT2D eigenvalue weighted by Crippen LogP contribution is -1.74. The van der Waals surface area contributed by atoms with E-state index in [-0.39, 0.29) is 0 Å². The van der Waals surface area contributed by atoms with Gasteiger partial charge < -0.3 is 0 Å². The molecule has 2 heteroatoms. The van der Waals surface area contributed by atoms with E-state index in [1.807, 2.05) is 24.3 Å². The zero-order valence-electron chi connectivity index (χ0n) is 5.70. The summed E-state index contributed by atoms with van der Waals surface area (Å²) in [6.07, 6.45) is 0. The van der Waals surface area contributed by atoms with Crippen molar-refractivity contribution >= 4 is 12.6 Å². The van der Waals surface area contributed by atoms with Crippen LogP contribution in [0.2, 0.25) is 0 Å². The first kappa shape index (κ1) is 7.72. The van der Waals surface area contributed by atoms with E-state index in [4.69, 9.17) is 5.26 Å². The van der Waals surface area contributed by atoms with Gasteiger partial charge in [-0.05, 0) is 18.1 Å². The summed E-state index contributed by atoms with van der Waals surface area (Å²) < 4.78 is 0. The van der Waals surface area contributed by atoms with Crippen molar-refractivity contribution in [2.45, 2.75) is 4.90 Å². The summed E-state index contributed by atoms with van der Waals surface area (Å²) >= 11 is 4.16. The Kier molecular flexibility index (Phi) is 2.60. The zero-order chi connectivity index (χ0) is 8.10. The molecule has 0 heterocycles. The Morgan fingerprint density at radius 3 is 2.64 bits per heavy atom. The molecule has 0 saturated carbocycles. The summed E-state index contributed by atoms with van der Waals surface area (Å²) in [6, 6.07) is 9.15. The van der Waals surface area contributed by atoms with Gasteiger partial charge in [0.2, 0.25) is 0 Å². The van der Waals surface area contributed by atoms with Gasteiger partial charge in [0.05, 0.1) is 0 Å². The first-order valence-electron chi connectivity index (χ1n) is 3.02. The van der Waals surface area contributed by atoms with Crippen LogP contribution < -0.4 is 0 Å². The molecule has 0 aromatic heterocycles. The highest BCUT2D eigenvalue weighted by atomic mass is 32.1. The van der Waals surface area contributed by atoms with Crippen LogP contribution in [-0.4, -0.2) is 0 Å². The van der Waals surface area contributed by atoms with Crippen LogP contribution in [0.15, 0.2) is 29.2 Å². The minimum Gasteiger partial charge on any atom is -0.183 e. The largest absolute Gasteiger partial charge is 0.183 e. The van der Waals surface area contributed by atoms with Crippen LogP contribution in [0.4, 0.5) is 0 Å². The third-order valence-corrected chi connectivity index (χ3v) is 1.55. The second kappa shape index (κ2) is 3.71. The Morgan fingerprint density at radius 1 is 1.27 bits per heavy atom. The van der Waals surface area contributed by atoms with Gasteiger partial charge in [-0.3, -0.25) is 0 Å². The lowest BCUT2D eigenvalue weighted by atomic mass is 10.2. The maximum Gasteiger partial charge on any atom is 0.152 e. The molecule has 0 fully saturated rings. The fourth-order valence-corrected chi connectivity index (χ4v) is 0.891. The van der Waals surface area contributed by atoms with E-state index in [1.165, 1.54) is 0 Å². The molecule has 1 aromatic rings. The van der Waals surface area contributed by atoms with Crippen molar-refractivity contribution in [3.05, 3.63) is 29.8 Å². The van der Waals surface area contributed by atoms with Gasteiger partial charge in [-0.15, -0.1) is 12.6 Å². The summed E-state index contributed by atoms with van der Waals surface area (Å²) in [4.78, 5) is 0.801. The Labute approximate surface area is 71.1 Å². The lowest BCUT2D eigenvalue weighted by molar-refractivity contribution is 1.43. The van der Waals surface area contributed by atoms with E-state index in [9.17, 15) is 0 Å². The van der Waals surface area contributed by atoms with Crippen molar-refractivity contribution in [2.24, 2.45) is 0 Å². The maximum absolute atomic E-state index is 8.17. The van der Waals surface area contributed by atoms with Gasteiger partial charge >= 0.3 is 0 Å². The van der Waals surface area contributed by atoms with Gasteiger partial charge in [-0.25, -0.2) is 0 Å². The van der Waals surface area contributed by atoms with Crippen molar-refractivity contribution < 1.29 is 0 Å². The molecular weight excluding hydrogens is 154 g/mol. The predicted molar refractivity (Wildman–Crippen MR) is 46.2 cm³/mol. The Morgan fingerprint density at radius 2 is 2.00 bits per heavy atom. The van der Waals surface area contributed by atoms with Crippen LogP contribution in [0, 0.1) is 23.2 Å². The number of hydrogen-bond donors (Lipinski definition) is 1. The van der Waals surface area contributed by atoms with Gasteiger partial charge in [-0.2, -0.15) is 5.26 Å². The van der Waals surface area contributed by atoms with Crippen molar-refractivity contribution in [3.63, 3.8) is 0 Å². The molecule has 0 N–H and O–H groups in total. The molecule has 0 aliphatic heterocycles. The standard InChI is InChI=1S/C9H5NS/c10-7-3-5-8-4-1-2-6-9(8)11/h1-2,4,6,11H. The zero-order valence-corrected chi connectivity index (χ0v) is 6.60. The monoisotopic (exact) mass is 159 g/mol. The Balaban J connectivity index is 3.07. The predicted octanol–water partition coefficient (Wildman–Crippen LogP) is 1.85. The first-order valence-corrected chi connectivity index (χ1v) is 3.47. The highest BCUT2D eigenvalue weighted by Gasteiger charge is 1.89. The molecule has 11 heavy (non-hydrogen) atoms. The molecular formula is C9H5NS. The van der Waals surface area contributed by atoms with Crippen LogP contribution in [0.25, 0.3) is 0 Å². The average Bonchev–Trinajstić information content (AvgIpc) is 2.03. The van der Waals surface area contributed by atoms with E-state index in [0.29, 0.717) is 0 Å². The summed E-state index contributed by atoms with van der Waals surface area (Å²) in [5.41, 5.74) is 0.789. The number of hydrogen-bond acceptors (Lipinski definition) is 2. The number of rotatable bonds is 0. The molecule has 52 valence electrons. The molecule has 1 rings (SSSR count). The van der Waals surface area contributed by atoms with E-state index in [2.05, 4.69) is 24.5 Å². The molecule has 0 amide bonds. The van der Waals surface area contributed by atoms with Crippen LogP contribution in [-0.2, 0) is 0 Å². The van der Waals surface area contributed by atoms with Crippen molar-refractivity contribution in [2.75, 3.05) is 0 Å². The smallest absolute Gasteiger partial charge is 0.152 e. The molecule has 0 radical (unpaired) electrons. The third-order valence-electron chi connectivity index (χ3n) is 1.16. The minimum absolute atomic E-state index is 0.789. The molecule has 1 aromatic carbocycles. The molecule has 0 aliphatic rings. The lowest BCUT2D eigenvalue weighted by Gasteiger charge is -1.92. The van der Waals surface area contributed by atoms with Crippen LogP contribution in [0.5, 0.6) is 0 Å². The summed E-state index contributed by atoms with van der Waals surface area (Å²) in [7, 11) is 0. The highest BCUT2D eigenvalue weighted by molar-refractivity contribution is 7.80. The van der Waals surface area contributed by atoms with Crippen molar-refractivity contribution in [3.8, 4) is 17.9 Å². The molecule has 0 saturated heterocycles. The van der Waals surface area contributed by atoms with Crippen molar-refractivity contribution in [1.82, 2.24) is 0 Å². The second-order valence-corrected chi connectivity index (χ2v) is 2.36. The SMILES string of the molecule is N#CC#Cc1ccccc1S. The quantitative estimate of drug-likeness (QED) is 0.453. The van der Waals surface area contributed by atoms with E-state index >= 15 is 0 Å². The molecule has 0 spiro atoms. The third kappa shape index (κ3) is 2.04. The summed E-state index contributed by atoms with van der Waals surface area (Å²) in [5, 5.41) is 8.17. The number of benzene rings is 1. The summed E-state index contributed by atoms with van der Waals surface area (Å²) in [5.74, 6) is 4.99. The van der Waals surface area contributed by atoms with Gasteiger partial charge in [-0.1, -0.05) is 12.1 Å². The molecule has 0 unspecified atom stereocenters. The molecule has 0 aliphatic carbocycles. The number of nitrogens with zero attached hydrogens (tertiary/aromatic N) is 1. The molecule has 0 atom stereocenters. The Bertz CT molecular complexity index is 352. The Hall–Kier alpha value is -1.38. The molecule has 0 bridgehead atoms. The fraction of sp³-hybridized carbons (Fsp3) is 0. The first-order chi connectivity index (χ1) is 5.34. The van der Waals surface area contributed by atoms with Gasteiger partial charge in [0.1, 0.15) is 0 Å². The number of nitriles is 1. The van der Waals surface area contributed by atoms with Crippen LogP contribution >= 0.6 is 12.6 Å². The van der Waals surface area contributed by atoms with Crippen LogP contribution in [0.1, 0.15) is 5.56 Å². The van der Waals surface area contributed by atoms with Crippen LogP contribution in [0.3, 0.4) is 0 Å². The maximum atomic E-state index is 8.17. The minimum atomic E-state index is 0.789. The molecule has 1 nitrogen and oxygen atoms in total.